The number of nitrogens with two attached hydrogens (primary N) is 1. The first kappa shape index (κ1) is 13.1. The SMILES string of the molecule is Cc1cc(C(=O)NC(C)c2ccc(N)cc2)ccn1. The fourth-order valence-corrected chi connectivity index (χ4v) is 1.83. The van der Waals surface area contributed by atoms with Gasteiger partial charge in [-0.15, -0.1) is 0 Å². The van der Waals surface area contributed by atoms with E-state index in [1.54, 1.807) is 18.3 Å². The molecule has 19 heavy (non-hydrogen) atoms. The molecule has 1 aromatic heterocycles. The van der Waals surface area contributed by atoms with Gasteiger partial charge in [0.25, 0.3) is 5.91 Å². The van der Waals surface area contributed by atoms with Gasteiger partial charge in [-0.3, -0.25) is 9.78 Å². The standard InChI is InChI=1S/C15H17N3O/c1-10-9-13(7-8-17-10)15(19)18-11(2)12-3-5-14(16)6-4-12/h3-9,11H,16H2,1-2H3,(H,18,19). The van der Waals surface area contributed by atoms with Crippen LogP contribution in [0.25, 0.3) is 0 Å². The number of carbonyl (C=O) groups is 1. The predicted octanol–water partition coefficient (Wildman–Crippen LogP) is 2.46. The fraction of sp³-hybridized carbons (Fsp3) is 0.200. The molecule has 98 valence electrons. The summed E-state index contributed by atoms with van der Waals surface area (Å²) >= 11 is 0. The number of rotatable bonds is 3. The first-order valence-electron chi connectivity index (χ1n) is 6.15. The number of aryl methyl sites for hydroxylation is 1. The molecule has 4 nitrogen and oxygen atoms in total. The van der Waals surface area contributed by atoms with E-state index in [1.165, 1.54) is 0 Å². The van der Waals surface area contributed by atoms with Crippen molar-refractivity contribution in [1.29, 1.82) is 0 Å². The summed E-state index contributed by atoms with van der Waals surface area (Å²) in [5, 5.41) is 2.95. The Labute approximate surface area is 112 Å². The highest BCUT2D eigenvalue weighted by molar-refractivity contribution is 5.94. The smallest absolute Gasteiger partial charge is 0.251 e. The Hall–Kier alpha value is -2.36. The Morgan fingerprint density at radius 3 is 2.58 bits per heavy atom. The van der Waals surface area contributed by atoms with Gasteiger partial charge in [-0.05, 0) is 43.7 Å². The molecule has 2 rings (SSSR count). The van der Waals surface area contributed by atoms with Crippen molar-refractivity contribution in [3.63, 3.8) is 0 Å². The minimum atomic E-state index is -0.102. The van der Waals surface area contributed by atoms with Gasteiger partial charge in [-0.25, -0.2) is 0 Å². The number of nitrogens with one attached hydrogen (secondary N) is 1. The third kappa shape index (κ3) is 3.31. The molecule has 0 aliphatic carbocycles. The van der Waals surface area contributed by atoms with Crippen molar-refractivity contribution in [2.45, 2.75) is 19.9 Å². The second kappa shape index (κ2) is 5.52. The monoisotopic (exact) mass is 255 g/mol. The molecular weight excluding hydrogens is 238 g/mol. The highest BCUT2D eigenvalue weighted by Crippen LogP contribution is 2.15. The van der Waals surface area contributed by atoms with Crippen LogP contribution in [0.3, 0.4) is 0 Å². The lowest BCUT2D eigenvalue weighted by Crippen LogP contribution is -2.26. The molecular formula is C15H17N3O. The predicted molar refractivity (Wildman–Crippen MR) is 75.7 cm³/mol. The first-order chi connectivity index (χ1) is 9.06. The second-order valence-electron chi connectivity index (χ2n) is 4.55. The quantitative estimate of drug-likeness (QED) is 0.828. The van der Waals surface area contributed by atoms with E-state index in [4.69, 9.17) is 5.73 Å². The lowest BCUT2D eigenvalue weighted by Gasteiger charge is -2.14. The number of amides is 1. The maximum atomic E-state index is 12.1. The molecule has 1 atom stereocenters. The van der Waals surface area contributed by atoms with E-state index >= 15 is 0 Å². The van der Waals surface area contributed by atoms with Crippen molar-refractivity contribution in [1.82, 2.24) is 10.3 Å². The van der Waals surface area contributed by atoms with Crippen molar-refractivity contribution >= 4 is 11.6 Å². The average Bonchev–Trinajstić information content (AvgIpc) is 2.39. The highest BCUT2D eigenvalue weighted by atomic mass is 16.1. The van der Waals surface area contributed by atoms with Crippen molar-refractivity contribution < 1.29 is 4.79 Å². The maximum Gasteiger partial charge on any atom is 0.251 e. The van der Waals surface area contributed by atoms with Gasteiger partial charge in [0.05, 0.1) is 6.04 Å². The molecule has 1 aromatic carbocycles. The van der Waals surface area contributed by atoms with Crippen LogP contribution in [0.1, 0.15) is 34.6 Å². The molecule has 4 heteroatoms. The average molecular weight is 255 g/mol. The summed E-state index contributed by atoms with van der Waals surface area (Å²) in [5.74, 6) is -0.102. The van der Waals surface area contributed by atoms with E-state index in [1.807, 2.05) is 38.1 Å². The largest absolute Gasteiger partial charge is 0.399 e. The van der Waals surface area contributed by atoms with E-state index < -0.39 is 0 Å². The minimum absolute atomic E-state index is 0.0680. The number of pyridine rings is 1. The van der Waals surface area contributed by atoms with E-state index in [0.717, 1.165) is 11.3 Å². The summed E-state index contributed by atoms with van der Waals surface area (Å²) in [7, 11) is 0. The van der Waals surface area contributed by atoms with Crippen molar-refractivity contribution in [2.75, 3.05) is 5.73 Å². The molecule has 3 N–H and O–H groups in total. The molecule has 1 heterocycles. The maximum absolute atomic E-state index is 12.1. The molecule has 1 amide bonds. The molecule has 0 radical (unpaired) electrons. The lowest BCUT2D eigenvalue weighted by molar-refractivity contribution is 0.0939. The Bertz CT molecular complexity index is 578. The van der Waals surface area contributed by atoms with Gasteiger partial charge in [0.2, 0.25) is 0 Å². The summed E-state index contributed by atoms with van der Waals surface area (Å²) in [4.78, 5) is 16.2. The number of hydrogen-bond donors (Lipinski definition) is 2. The van der Waals surface area contributed by atoms with E-state index in [9.17, 15) is 4.79 Å². The lowest BCUT2D eigenvalue weighted by atomic mass is 10.1. The van der Waals surface area contributed by atoms with Crippen LogP contribution in [0.15, 0.2) is 42.6 Å². The Kier molecular flexibility index (Phi) is 3.80. The van der Waals surface area contributed by atoms with Crippen LogP contribution >= 0.6 is 0 Å². The number of hydrogen-bond acceptors (Lipinski definition) is 3. The van der Waals surface area contributed by atoms with Crippen LogP contribution in [0.2, 0.25) is 0 Å². The van der Waals surface area contributed by atoms with Crippen molar-refractivity contribution in [3.05, 3.63) is 59.4 Å². The second-order valence-corrected chi connectivity index (χ2v) is 4.55. The zero-order valence-corrected chi connectivity index (χ0v) is 11.1. The van der Waals surface area contributed by atoms with Crippen molar-refractivity contribution in [2.24, 2.45) is 0 Å². The molecule has 0 saturated carbocycles. The van der Waals surface area contributed by atoms with Gasteiger partial charge in [-0.1, -0.05) is 12.1 Å². The van der Waals surface area contributed by atoms with Crippen LogP contribution in [-0.2, 0) is 0 Å². The fourth-order valence-electron chi connectivity index (χ4n) is 1.83. The third-order valence-electron chi connectivity index (χ3n) is 2.94. The van der Waals surface area contributed by atoms with E-state index in [2.05, 4.69) is 10.3 Å². The molecule has 0 bridgehead atoms. The molecule has 0 spiro atoms. The van der Waals surface area contributed by atoms with Gasteiger partial charge in [-0.2, -0.15) is 0 Å². The summed E-state index contributed by atoms with van der Waals surface area (Å²) in [6.07, 6.45) is 1.64. The van der Waals surface area contributed by atoms with Crippen LogP contribution in [0.5, 0.6) is 0 Å². The van der Waals surface area contributed by atoms with Crippen molar-refractivity contribution in [3.8, 4) is 0 Å². The summed E-state index contributed by atoms with van der Waals surface area (Å²) in [6, 6.07) is 10.9. The zero-order chi connectivity index (χ0) is 13.8. The first-order valence-corrected chi connectivity index (χ1v) is 6.15. The van der Waals surface area contributed by atoms with Crippen LogP contribution in [-0.4, -0.2) is 10.9 Å². The van der Waals surface area contributed by atoms with Crippen LogP contribution < -0.4 is 11.1 Å². The third-order valence-corrected chi connectivity index (χ3v) is 2.94. The molecule has 0 fully saturated rings. The van der Waals surface area contributed by atoms with Gasteiger partial charge in [0.15, 0.2) is 0 Å². The minimum Gasteiger partial charge on any atom is -0.399 e. The number of nitrogens with zero attached hydrogens (tertiary/aromatic N) is 1. The molecule has 0 saturated heterocycles. The summed E-state index contributed by atoms with van der Waals surface area (Å²) in [6.45, 7) is 3.80. The van der Waals surface area contributed by atoms with E-state index in [-0.39, 0.29) is 11.9 Å². The van der Waals surface area contributed by atoms with Gasteiger partial charge in [0.1, 0.15) is 0 Å². The molecule has 0 aliphatic rings. The molecule has 1 unspecified atom stereocenters. The Balaban J connectivity index is 2.08. The highest BCUT2D eigenvalue weighted by Gasteiger charge is 2.11. The molecule has 0 aliphatic heterocycles. The normalized spacial score (nSPS) is 11.9. The van der Waals surface area contributed by atoms with E-state index in [0.29, 0.717) is 11.3 Å². The number of anilines is 1. The Morgan fingerprint density at radius 2 is 1.95 bits per heavy atom. The van der Waals surface area contributed by atoms with Crippen LogP contribution in [0.4, 0.5) is 5.69 Å². The van der Waals surface area contributed by atoms with Gasteiger partial charge >= 0.3 is 0 Å². The van der Waals surface area contributed by atoms with Gasteiger partial charge in [0, 0.05) is 23.1 Å². The number of carbonyl (C=O) groups excluding carboxylic acids is 1. The Morgan fingerprint density at radius 1 is 1.26 bits per heavy atom. The zero-order valence-electron chi connectivity index (χ0n) is 11.1. The number of aromatic nitrogens is 1. The number of benzene rings is 1. The summed E-state index contributed by atoms with van der Waals surface area (Å²) < 4.78 is 0. The molecule has 2 aromatic rings. The topological polar surface area (TPSA) is 68.0 Å². The summed E-state index contributed by atoms with van der Waals surface area (Å²) in [5.41, 5.74) is 8.82. The van der Waals surface area contributed by atoms with Gasteiger partial charge < -0.3 is 11.1 Å². The van der Waals surface area contributed by atoms with Crippen LogP contribution in [0, 0.1) is 6.92 Å². The number of nitrogen functional groups attached to an aromatic ring is 1.